The lowest BCUT2D eigenvalue weighted by Crippen LogP contribution is -2.18. The number of anilines is 1. The van der Waals surface area contributed by atoms with Gasteiger partial charge in [0.25, 0.3) is 0 Å². The van der Waals surface area contributed by atoms with E-state index in [2.05, 4.69) is 15.0 Å². The van der Waals surface area contributed by atoms with Crippen LogP contribution in [0.25, 0.3) is 10.6 Å². The Morgan fingerprint density at radius 1 is 1.14 bits per heavy atom. The van der Waals surface area contributed by atoms with Gasteiger partial charge < -0.3 is 5.73 Å². The van der Waals surface area contributed by atoms with Crippen LogP contribution >= 0.6 is 11.3 Å². The molecule has 0 unspecified atom stereocenters. The van der Waals surface area contributed by atoms with Crippen LogP contribution in [0.5, 0.6) is 0 Å². The normalized spacial score (nSPS) is 12.7. The predicted molar refractivity (Wildman–Crippen MR) is 76.0 cm³/mol. The number of thiazole rings is 1. The first-order valence-corrected chi connectivity index (χ1v) is 7.00. The zero-order chi connectivity index (χ0) is 16.0. The van der Waals surface area contributed by atoms with Gasteiger partial charge in [-0.25, -0.2) is 15.0 Å². The van der Waals surface area contributed by atoms with Crippen molar-refractivity contribution in [2.45, 2.75) is 39.3 Å². The van der Waals surface area contributed by atoms with Gasteiger partial charge in [0.15, 0.2) is 5.01 Å². The van der Waals surface area contributed by atoms with Crippen LogP contribution in [-0.4, -0.2) is 15.0 Å². The lowest BCUT2D eigenvalue weighted by Gasteiger charge is -2.18. The van der Waals surface area contributed by atoms with Crippen LogP contribution in [0.1, 0.15) is 37.2 Å². The molecule has 2 aromatic rings. The maximum Gasteiger partial charge on any atom is 0.443 e. The molecule has 0 aliphatic rings. The summed E-state index contributed by atoms with van der Waals surface area (Å²) in [7, 11) is 0. The molecular weight excluding hydrogens is 301 g/mol. The molecule has 0 bridgehead atoms. The average molecular weight is 316 g/mol. The fourth-order valence-corrected chi connectivity index (χ4v) is 2.45. The summed E-state index contributed by atoms with van der Waals surface area (Å²) in [6, 6.07) is 0. The molecule has 0 saturated carbocycles. The van der Waals surface area contributed by atoms with Gasteiger partial charge in [-0.1, -0.05) is 20.8 Å². The first-order valence-electron chi connectivity index (χ1n) is 6.18. The molecule has 0 saturated heterocycles. The van der Waals surface area contributed by atoms with E-state index in [0.29, 0.717) is 33.3 Å². The topological polar surface area (TPSA) is 64.7 Å². The average Bonchev–Trinajstić information content (AvgIpc) is 2.80. The van der Waals surface area contributed by atoms with Crippen LogP contribution in [0.4, 0.5) is 19.0 Å². The molecule has 8 heteroatoms. The molecule has 2 N–H and O–H groups in total. The highest BCUT2D eigenvalue weighted by molar-refractivity contribution is 7.15. The maximum atomic E-state index is 12.7. The Morgan fingerprint density at radius 3 is 2.24 bits per heavy atom. The van der Waals surface area contributed by atoms with Crippen LogP contribution in [-0.2, 0) is 11.6 Å². The Kier molecular flexibility index (Phi) is 3.69. The Hall–Kier alpha value is -1.70. The summed E-state index contributed by atoms with van der Waals surface area (Å²) in [5, 5.41) is -0.897. The molecule has 0 atom stereocenters. The number of halogens is 3. The molecule has 2 rings (SSSR count). The van der Waals surface area contributed by atoms with E-state index >= 15 is 0 Å². The Bertz CT molecular complexity index is 671. The number of hydrogen-bond acceptors (Lipinski definition) is 5. The van der Waals surface area contributed by atoms with Gasteiger partial charge in [-0.2, -0.15) is 13.2 Å². The quantitative estimate of drug-likeness (QED) is 0.869. The van der Waals surface area contributed by atoms with Crippen molar-refractivity contribution in [2.75, 3.05) is 5.73 Å². The summed E-state index contributed by atoms with van der Waals surface area (Å²) in [5.74, 6) is 0.759. The molecule has 0 fully saturated rings. The molecule has 21 heavy (non-hydrogen) atoms. The summed E-state index contributed by atoms with van der Waals surface area (Å²) >= 11 is 0.553. The van der Waals surface area contributed by atoms with E-state index < -0.39 is 11.2 Å². The van der Waals surface area contributed by atoms with Gasteiger partial charge in [0.2, 0.25) is 0 Å². The van der Waals surface area contributed by atoms with Gasteiger partial charge in [-0.05, 0) is 6.92 Å². The molecular formula is C13H15F3N4S. The van der Waals surface area contributed by atoms with Crippen molar-refractivity contribution in [1.82, 2.24) is 15.0 Å². The highest BCUT2D eigenvalue weighted by atomic mass is 32.1. The van der Waals surface area contributed by atoms with E-state index in [1.54, 1.807) is 6.92 Å². The molecule has 0 aliphatic heterocycles. The maximum absolute atomic E-state index is 12.7. The van der Waals surface area contributed by atoms with Crippen LogP contribution < -0.4 is 5.73 Å². The summed E-state index contributed by atoms with van der Waals surface area (Å²) in [6.45, 7) is 7.42. The molecule has 0 amide bonds. The fraction of sp³-hybridized carbons (Fsp3) is 0.462. The third kappa shape index (κ3) is 3.15. The van der Waals surface area contributed by atoms with Crippen molar-refractivity contribution < 1.29 is 13.2 Å². The summed E-state index contributed by atoms with van der Waals surface area (Å²) < 4.78 is 38.0. The summed E-state index contributed by atoms with van der Waals surface area (Å²) in [6.07, 6.45) is -3.28. The molecule has 0 aliphatic carbocycles. The van der Waals surface area contributed by atoms with Crippen molar-refractivity contribution >= 4 is 17.2 Å². The van der Waals surface area contributed by atoms with Crippen molar-refractivity contribution in [3.63, 3.8) is 0 Å². The van der Waals surface area contributed by atoms with E-state index in [0.717, 1.165) is 0 Å². The molecule has 0 aromatic carbocycles. The molecule has 0 spiro atoms. The molecule has 114 valence electrons. The van der Waals surface area contributed by atoms with Crippen molar-refractivity contribution in [3.8, 4) is 10.6 Å². The van der Waals surface area contributed by atoms with E-state index in [1.807, 2.05) is 20.8 Å². The second-order valence-corrected chi connectivity index (χ2v) is 6.71. The zero-order valence-corrected chi connectivity index (χ0v) is 12.9. The predicted octanol–water partition coefficient (Wildman–Crippen LogP) is 3.81. The minimum Gasteiger partial charge on any atom is -0.383 e. The minimum atomic E-state index is -4.46. The lowest BCUT2D eigenvalue weighted by molar-refractivity contribution is -0.137. The fourth-order valence-electron chi connectivity index (χ4n) is 1.62. The van der Waals surface area contributed by atoms with Crippen LogP contribution in [0.2, 0.25) is 0 Å². The van der Waals surface area contributed by atoms with Gasteiger partial charge in [0.1, 0.15) is 11.6 Å². The first kappa shape index (κ1) is 15.7. The van der Waals surface area contributed by atoms with Crippen LogP contribution in [0.3, 0.4) is 0 Å². The van der Waals surface area contributed by atoms with Crippen molar-refractivity contribution in [3.05, 3.63) is 22.6 Å². The first-order chi connectivity index (χ1) is 9.50. The Labute approximate surface area is 124 Å². The number of nitrogens with zero attached hydrogens (tertiary/aromatic N) is 3. The third-order valence-electron chi connectivity index (χ3n) is 2.84. The molecule has 2 heterocycles. The summed E-state index contributed by atoms with van der Waals surface area (Å²) in [4.78, 5) is 12.3. The smallest absolute Gasteiger partial charge is 0.383 e. The largest absolute Gasteiger partial charge is 0.443 e. The van der Waals surface area contributed by atoms with Gasteiger partial charge >= 0.3 is 6.18 Å². The van der Waals surface area contributed by atoms with E-state index in [4.69, 9.17) is 5.73 Å². The minimum absolute atomic E-state index is 0.270. The van der Waals surface area contributed by atoms with E-state index in [9.17, 15) is 13.2 Å². The highest BCUT2D eigenvalue weighted by Gasteiger charge is 2.35. The Balaban J connectivity index is 2.58. The number of nitrogens with two attached hydrogens (primary N) is 1. The molecule has 2 aromatic heterocycles. The van der Waals surface area contributed by atoms with Gasteiger partial charge in [0.05, 0.1) is 10.6 Å². The van der Waals surface area contributed by atoms with Gasteiger partial charge in [-0.3, -0.25) is 0 Å². The molecule has 0 radical (unpaired) electrons. The monoisotopic (exact) mass is 316 g/mol. The highest BCUT2D eigenvalue weighted by Crippen LogP contribution is 2.37. The van der Waals surface area contributed by atoms with Crippen LogP contribution in [0, 0.1) is 6.92 Å². The third-order valence-corrected chi connectivity index (χ3v) is 3.88. The number of aromatic nitrogens is 3. The van der Waals surface area contributed by atoms with Gasteiger partial charge in [0, 0.05) is 17.2 Å². The van der Waals surface area contributed by atoms with Gasteiger partial charge in [-0.15, -0.1) is 11.3 Å². The van der Waals surface area contributed by atoms with Crippen molar-refractivity contribution in [1.29, 1.82) is 0 Å². The number of hydrogen-bond donors (Lipinski definition) is 1. The van der Waals surface area contributed by atoms with E-state index in [1.165, 1.54) is 6.20 Å². The Morgan fingerprint density at radius 2 is 1.76 bits per heavy atom. The SMILES string of the molecule is Cc1c(N)nc(C(C)(C)C)nc1-c1cnc(C(F)(F)F)s1. The van der Waals surface area contributed by atoms with E-state index in [-0.39, 0.29) is 11.2 Å². The second kappa shape index (κ2) is 4.94. The number of rotatable bonds is 1. The summed E-state index contributed by atoms with van der Waals surface area (Å²) in [5.41, 5.74) is 6.46. The standard InChI is InChI=1S/C13H15F3N4S/c1-6-8(7-5-18-11(21-7)13(14,15)16)19-10(12(2,3)4)20-9(6)17/h5H,1-4H3,(H2,17,19,20). The number of alkyl halides is 3. The lowest BCUT2D eigenvalue weighted by atomic mass is 9.95. The van der Waals surface area contributed by atoms with Crippen LogP contribution in [0.15, 0.2) is 6.20 Å². The second-order valence-electron chi connectivity index (χ2n) is 5.68. The van der Waals surface area contributed by atoms with Crippen molar-refractivity contribution in [2.24, 2.45) is 0 Å². The zero-order valence-electron chi connectivity index (χ0n) is 12.0. The molecule has 4 nitrogen and oxygen atoms in total. The number of nitrogen functional groups attached to an aromatic ring is 1.